The highest BCUT2D eigenvalue weighted by Gasteiger charge is 2.24. The number of rotatable bonds is 5. The molecule has 106 valence electrons. The molecular formula is C16H21N3O. The van der Waals surface area contributed by atoms with Crippen LogP contribution in [0.2, 0.25) is 0 Å². The third-order valence-electron chi connectivity index (χ3n) is 4.02. The smallest absolute Gasteiger partial charge is 0.151 e. The monoisotopic (exact) mass is 271 g/mol. The Morgan fingerprint density at radius 3 is 3.00 bits per heavy atom. The van der Waals surface area contributed by atoms with Crippen molar-refractivity contribution in [3.8, 4) is 0 Å². The molecule has 1 aliphatic carbocycles. The van der Waals surface area contributed by atoms with E-state index in [1.807, 2.05) is 0 Å². The van der Waals surface area contributed by atoms with Crippen LogP contribution in [-0.2, 0) is 17.6 Å². The van der Waals surface area contributed by atoms with Crippen LogP contribution in [0.15, 0.2) is 30.3 Å². The van der Waals surface area contributed by atoms with Gasteiger partial charge in [-0.3, -0.25) is 5.10 Å². The highest BCUT2D eigenvalue weighted by Crippen LogP contribution is 2.34. The van der Waals surface area contributed by atoms with Gasteiger partial charge in [0.1, 0.15) is 0 Å². The van der Waals surface area contributed by atoms with Crippen LogP contribution in [0, 0.1) is 0 Å². The summed E-state index contributed by atoms with van der Waals surface area (Å²) in [4.78, 5) is 0. The topological polar surface area (TPSA) is 49.9 Å². The number of methoxy groups -OCH3 is 1. The average Bonchev–Trinajstić information content (AvgIpc) is 2.91. The number of aromatic amines is 1. The van der Waals surface area contributed by atoms with Crippen molar-refractivity contribution >= 4 is 5.82 Å². The molecule has 2 aromatic rings. The van der Waals surface area contributed by atoms with Crippen molar-refractivity contribution in [2.45, 2.75) is 25.2 Å². The van der Waals surface area contributed by atoms with E-state index in [0.717, 1.165) is 25.2 Å². The molecular weight excluding hydrogens is 250 g/mol. The van der Waals surface area contributed by atoms with Gasteiger partial charge in [0.2, 0.25) is 0 Å². The van der Waals surface area contributed by atoms with Crippen LogP contribution in [0.4, 0.5) is 5.82 Å². The summed E-state index contributed by atoms with van der Waals surface area (Å²) in [6.45, 7) is 1.49. The molecule has 4 heteroatoms. The van der Waals surface area contributed by atoms with Crippen LogP contribution < -0.4 is 5.32 Å². The molecule has 1 heterocycles. The molecule has 0 amide bonds. The first-order valence-corrected chi connectivity index (χ1v) is 7.22. The number of nitrogens with zero attached hydrogens (tertiary/aromatic N) is 1. The van der Waals surface area contributed by atoms with Gasteiger partial charge in [-0.1, -0.05) is 30.3 Å². The van der Waals surface area contributed by atoms with Crippen molar-refractivity contribution in [1.82, 2.24) is 10.2 Å². The van der Waals surface area contributed by atoms with Gasteiger partial charge in [-0.05, 0) is 30.7 Å². The van der Waals surface area contributed by atoms with E-state index in [0.29, 0.717) is 12.5 Å². The highest BCUT2D eigenvalue weighted by atomic mass is 16.5. The molecule has 20 heavy (non-hydrogen) atoms. The molecule has 3 rings (SSSR count). The number of H-pyrrole nitrogens is 1. The Balaban J connectivity index is 1.74. The van der Waals surface area contributed by atoms with E-state index in [1.165, 1.54) is 23.2 Å². The number of ether oxygens (including phenoxy) is 1. The van der Waals surface area contributed by atoms with E-state index in [-0.39, 0.29) is 0 Å². The summed E-state index contributed by atoms with van der Waals surface area (Å²) in [5, 5.41) is 10.9. The van der Waals surface area contributed by atoms with Crippen molar-refractivity contribution < 1.29 is 4.74 Å². The van der Waals surface area contributed by atoms with E-state index >= 15 is 0 Å². The highest BCUT2D eigenvalue weighted by molar-refractivity contribution is 5.49. The first-order valence-electron chi connectivity index (χ1n) is 7.22. The van der Waals surface area contributed by atoms with Gasteiger partial charge in [0.15, 0.2) is 5.82 Å². The number of fused-ring (bicyclic) bond motifs is 1. The maximum atomic E-state index is 5.07. The molecule has 0 aliphatic heterocycles. The average molecular weight is 271 g/mol. The number of anilines is 1. The van der Waals surface area contributed by atoms with E-state index in [2.05, 4.69) is 45.8 Å². The first kappa shape index (κ1) is 13.2. The molecule has 1 aromatic carbocycles. The zero-order valence-corrected chi connectivity index (χ0v) is 11.9. The first-order chi connectivity index (χ1) is 9.88. The predicted octanol–water partition coefficient (Wildman–Crippen LogP) is 2.74. The van der Waals surface area contributed by atoms with Gasteiger partial charge >= 0.3 is 0 Å². The summed E-state index contributed by atoms with van der Waals surface area (Å²) in [6.07, 6.45) is 3.33. The number of hydrogen-bond donors (Lipinski definition) is 2. The van der Waals surface area contributed by atoms with Crippen molar-refractivity contribution in [2.75, 3.05) is 25.6 Å². The Morgan fingerprint density at radius 1 is 1.35 bits per heavy atom. The fourth-order valence-electron chi connectivity index (χ4n) is 2.92. The molecule has 1 aromatic heterocycles. The lowest BCUT2D eigenvalue weighted by Gasteiger charge is -2.23. The SMILES string of the molecule is COCCNc1n[nH]c2c1CC(c1ccccc1)CC2. The number of aryl methyl sites for hydroxylation is 1. The minimum absolute atomic E-state index is 0.601. The van der Waals surface area contributed by atoms with Crippen LogP contribution in [-0.4, -0.2) is 30.5 Å². The molecule has 0 fully saturated rings. The quantitative estimate of drug-likeness (QED) is 0.822. The largest absolute Gasteiger partial charge is 0.383 e. The van der Waals surface area contributed by atoms with Gasteiger partial charge in [-0.25, -0.2) is 0 Å². The van der Waals surface area contributed by atoms with E-state index in [9.17, 15) is 0 Å². The Kier molecular flexibility index (Phi) is 4.02. The zero-order valence-electron chi connectivity index (χ0n) is 11.9. The minimum atomic E-state index is 0.601. The molecule has 0 saturated heterocycles. The van der Waals surface area contributed by atoms with Crippen LogP contribution in [0.25, 0.3) is 0 Å². The Bertz CT molecular complexity index is 550. The summed E-state index contributed by atoms with van der Waals surface area (Å²) < 4.78 is 5.07. The number of aromatic nitrogens is 2. The summed E-state index contributed by atoms with van der Waals surface area (Å²) in [5.41, 5.74) is 4.07. The second-order valence-corrected chi connectivity index (χ2v) is 5.30. The Hall–Kier alpha value is -1.81. The van der Waals surface area contributed by atoms with Gasteiger partial charge in [-0.15, -0.1) is 0 Å². The molecule has 4 nitrogen and oxygen atoms in total. The summed E-state index contributed by atoms with van der Waals surface area (Å²) in [5.74, 6) is 1.60. The van der Waals surface area contributed by atoms with Gasteiger partial charge in [-0.2, -0.15) is 5.10 Å². The summed E-state index contributed by atoms with van der Waals surface area (Å²) >= 11 is 0. The Labute approximate surface area is 119 Å². The van der Waals surface area contributed by atoms with Crippen molar-refractivity contribution in [1.29, 1.82) is 0 Å². The second-order valence-electron chi connectivity index (χ2n) is 5.30. The van der Waals surface area contributed by atoms with E-state index < -0.39 is 0 Å². The maximum absolute atomic E-state index is 5.07. The van der Waals surface area contributed by atoms with Gasteiger partial charge < -0.3 is 10.1 Å². The predicted molar refractivity (Wildman–Crippen MR) is 80.2 cm³/mol. The molecule has 1 unspecified atom stereocenters. The minimum Gasteiger partial charge on any atom is -0.383 e. The van der Waals surface area contributed by atoms with Crippen LogP contribution >= 0.6 is 0 Å². The van der Waals surface area contributed by atoms with Crippen molar-refractivity contribution in [2.24, 2.45) is 0 Å². The van der Waals surface area contributed by atoms with Crippen molar-refractivity contribution in [3.63, 3.8) is 0 Å². The number of nitrogens with one attached hydrogen (secondary N) is 2. The number of benzene rings is 1. The molecule has 0 saturated carbocycles. The normalized spacial score (nSPS) is 17.8. The third-order valence-corrected chi connectivity index (χ3v) is 4.02. The third kappa shape index (κ3) is 2.70. The van der Waals surface area contributed by atoms with Crippen LogP contribution in [0.5, 0.6) is 0 Å². The molecule has 0 spiro atoms. The lowest BCUT2D eigenvalue weighted by Crippen LogP contribution is -2.14. The zero-order chi connectivity index (χ0) is 13.8. The maximum Gasteiger partial charge on any atom is 0.151 e. The molecule has 2 N–H and O–H groups in total. The molecule has 0 radical (unpaired) electrons. The fraction of sp³-hybridized carbons (Fsp3) is 0.438. The fourth-order valence-corrected chi connectivity index (χ4v) is 2.92. The van der Waals surface area contributed by atoms with Gasteiger partial charge in [0.05, 0.1) is 6.61 Å². The van der Waals surface area contributed by atoms with Gasteiger partial charge in [0, 0.05) is 24.9 Å². The molecule has 1 atom stereocenters. The summed E-state index contributed by atoms with van der Waals surface area (Å²) in [7, 11) is 1.72. The van der Waals surface area contributed by atoms with E-state index in [4.69, 9.17) is 4.74 Å². The number of hydrogen-bond acceptors (Lipinski definition) is 3. The van der Waals surface area contributed by atoms with Gasteiger partial charge in [0.25, 0.3) is 0 Å². The summed E-state index contributed by atoms with van der Waals surface area (Å²) in [6, 6.07) is 10.8. The molecule has 0 bridgehead atoms. The molecule has 1 aliphatic rings. The van der Waals surface area contributed by atoms with Crippen LogP contribution in [0.3, 0.4) is 0 Å². The second kappa shape index (κ2) is 6.09. The standard InChI is InChI=1S/C16H21N3O/c1-20-10-9-17-16-14-11-13(7-8-15(14)18-19-16)12-5-3-2-4-6-12/h2-6,13H,7-11H2,1H3,(H2,17,18,19). The van der Waals surface area contributed by atoms with E-state index in [1.54, 1.807) is 7.11 Å². The lowest BCUT2D eigenvalue weighted by atomic mass is 9.83. The van der Waals surface area contributed by atoms with Crippen LogP contribution in [0.1, 0.15) is 29.2 Å². The lowest BCUT2D eigenvalue weighted by molar-refractivity contribution is 0.210. The van der Waals surface area contributed by atoms with Crippen molar-refractivity contribution in [3.05, 3.63) is 47.2 Å². The Morgan fingerprint density at radius 2 is 2.20 bits per heavy atom.